The maximum Gasteiger partial charge on any atom is 0.337 e. The van der Waals surface area contributed by atoms with E-state index in [0.717, 1.165) is 5.56 Å². The van der Waals surface area contributed by atoms with E-state index in [2.05, 4.69) is 5.32 Å². The van der Waals surface area contributed by atoms with Gasteiger partial charge >= 0.3 is 5.97 Å². The van der Waals surface area contributed by atoms with Crippen LogP contribution in [-0.2, 0) is 16.0 Å². The number of halogens is 1. The Morgan fingerprint density at radius 3 is 2.82 bits per heavy atom. The Kier molecular flexibility index (Phi) is 5.29. The van der Waals surface area contributed by atoms with E-state index in [1.165, 1.54) is 13.2 Å². The normalized spacial score (nSPS) is 16.1. The summed E-state index contributed by atoms with van der Waals surface area (Å²) < 4.78 is 10.5. The van der Waals surface area contributed by atoms with Crippen molar-refractivity contribution in [1.82, 2.24) is 5.32 Å². The molecule has 1 aromatic rings. The number of carbonyl (C=O) groups excluding carboxylic acids is 2. The molecule has 0 spiro atoms. The summed E-state index contributed by atoms with van der Waals surface area (Å²) in [6.07, 6.45) is 0.922. The predicted octanol–water partition coefficient (Wildman–Crippen LogP) is 2.59. The van der Waals surface area contributed by atoms with Crippen molar-refractivity contribution in [3.8, 4) is 5.75 Å². The second kappa shape index (κ2) is 7.01. The molecule has 1 atom stereocenters. The van der Waals surface area contributed by atoms with Crippen LogP contribution in [0.2, 0.25) is 5.02 Å². The second-order valence-corrected chi connectivity index (χ2v) is 6.19. The molecule has 1 aromatic carbocycles. The summed E-state index contributed by atoms with van der Waals surface area (Å²) in [6.45, 7) is 4.41. The largest absolute Gasteiger partial charge is 0.486 e. The lowest BCUT2D eigenvalue weighted by Gasteiger charge is -2.13. The number of fused-ring (bicyclic) bond motifs is 1. The van der Waals surface area contributed by atoms with Crippen LogP contribution >= 0.6 is 11.6 Å². The molecule has 1 N–H and O–H groups in total. The number of benzene rings is 1. The Morgan fingerprint density at radius 2 is 2.18 bits per heavy atom. The number of esters is 1. The van der Waals surface area contributed by atoms with Crippen molar-refractivity contribution in [2.75, 3.05) is 13.7 Å². The zero-order chi connectivity index (χ0) is 16.3. The molecule has 1 aliphatic heterocycles. The molecule has 0 aliphatic carbocycles. The molecule has 0 aromatic heterocycles. The summed E-state index contributed by atoms with van der Waals surface area (Å²) in [5, 5.41) is 3.24. The molecule has 0 fully saturated rings. The fourth-order valence-corrected chi connectivity index (χ4v) is 2.69. The number of hydrogen-bond donors (Lipinski definition) is 1. The fourth-order valence-electron chi connectivity index (χ4n) is 2.41. The Balaban J connectivity index is 1.99. The lowest BCUT2D eigenvalue weighted by molar-refractivity contribution is -0.122. The van der Waals surface area contributed by atoms with Gasteiger partial charge in [-0.1, -0.05) is 25.4 Å². The zero-order valence-corrected chi connectivity index (χ0v) is 13.7. The molecular weight excluding hydrogens is 306 g/mol. The average Bonchev–Trinajstić information content (AvgIpc) is 2.87. The van der Waals surface area contributed by atoms with E-state index in [-0.39, 0.29) is 12.0 Å². The van der Waals surface area contributed by atoms with Crippen molar-refractivity contribution < 1.29 is 19.1 Å². The standard InChI is InChI=1S/C16H20ClNO4/c1-9(2)4-14(19)18-8-12-6-10-5-11(16(20)21-3)7-13(17)15(10)22-12/h5,7,9,12H,4,6,8H2,1-3H3,(H,18,19). The minimum Gasteiger partial charge on any atom is -0.486 e. The second-order valence-electron chi connectivity index (χ2n) is 5.78. The van der Waals surface area contributed by atoms with E-state index in [4.69, 9.17) is 21.1 Å². The Morgan fingerprint density at radius 1 is 1.45 bits per heavy atom. The van der Waals surface area contributed by atoms with Gasteiger partial charge in [0.15, 0.2) is 0 Å². The lowest BCUT2D eigenvalue weighted by atomic mass is 10.1. The number of ether oxygens (including phenoxy) is 2. The van der Waals surface area contributed by atoms with Crippen LogP contribution in [0.25, 0.3) is 0 Å². The molecule has 2 rings (SSSR count). The van der Waals surface area contributed by atoms with Crippen LogP contribution in [-0.4, -0.2) is 31.6 Å². The first-order valence-electron chi connectivity index (χ1n) is 7.24. The smallest absolute Gasteiger partial charge is 0.337 e. The van der Waals surface area contributed by atoms with E-state index in [1.807, 2.05) is 13.8 Å². The summed E-state index contributed by atoms with van der Waals surface area (Å²) in [4.78, 5) is 23.3. The third-order valence-corrected chi connectivity index (χ3v) is 3.68. The van der Waals surface area contributed by atoms with Crippen molar-refractivity contribution in [3.05, 3.63) is 28.3 Å². The van der Waals surface area contributed by atoms with Crippen LogP contribution in [0.5, 0.6) is 5.75 Å². The van der Waals surface area contributed by atoms with Gasteiger partial charge in [-0.25, -0.2) is 4.79 Å². The first kappa shape index (κ1) is 16.6. The van der Waals surface area contributed by atoms with Gasteiger partial charge in [0.2, 0.25) is 5.91 Å². The van der Waals surface area contributed by atoms with E-state index < -0.39 is 5.97 Å². The number of amides is 1. The van der Waals surface area contributed by atoms with Crippen LogP contribution in [0.15, 0.2) is 12.1 Å². The first-order chi connectivity index (χ1) is 10.4. The monoisotopic (exact) mass is 325 g/mol. The number of carbonyl (C=O) groups is 2. The molecule has 1 aliphatic rings. The molecule has 1 amide bonds. The van der Waals surface area contributed by atoms with Crippen LogP contribution < -0.4 is 10.1 Å². The maximum absolute atomic E-state index is 11.7. The Bertz CT molecular complexity index is 586. The number of rotatable bonds is 5. The molecule has 0 saturated carbocycles. The minimum atomic E-state index is -0.432. The summed E-state index contributed by atoms with van der Waals surface area (Å²) in [5.74, 6) is 0.477. The van der Waals surface area contributed by atoms with Crippen LogP contribution in [0, 0.1) is 5.92 Å². The lowest BCUT2D eigenvalue weighted by Crippen LogP contribution is -2.34. The summed E-state index contributed by atoms with van der Waals surface area (Å²) in [5.41, 5.74) is 1.26. The highest BCUT2D eigenvalue weighted by molar-refractivity contribution is 6.32. The fraction of sp³-hybridized carbons (Fsp3) is 0.500. The number of methoxy groups -OCH3 is 1. The summed E-state index contributed by atoms with van der Waals surface area (Å²) in [7, 11) is 1.33. The third kappa shape index (κ3) is 3.91. The highest BCUT2D eigenvalue weighted by Crippen LogP contribution is 2.37. The Labute approximate surface area is 134 Å². The molecule has 0 radical (unpaired) electrons. The first-order valence-corrected chi connectivity index (χ1v) is 7.62. The SMILES string of the molecule is COC(=O)c1cc(Cl)c2c(c1)CC(CNC(=O)CC(C)C)O2. The maximum atomic E-state index is 11.7. The van der Waals surface area contributed by atoms with E-state index >= 15 is 0 Å². The van der Waals surface area contributed by atoms with Gasteiger partial charge in [-0.2, -0.15) is 0 Å². The van der Waals surface area contributed by atoms with E-state index in [1.54, 1.807) is 6.07 Å². The molecule has 6 heteroatoms. The molecule has 5 nitrogen and oxygen atoms in total. The predicted molar refractivity (Wildman–Crippen MR) is 83.4 cm³/mol. The summed E-state index contributed by atoms with van der Waals surface area (Å²) in [6, 6.07) is 3.26. The van der Waals surface area contributed by atoms with Gasteiger partial charge in [0, 0.05) is 18.4 Å². The van der Waals surface area contributed by atoms with Gasteiger partial charge < -0.3 is 14.8 Å². The topological polar surface area (TPSA) is 64.6 Å². The van der Waals surface area contributed by atoms with Crippen LogP contribution in [0.1, 0.15) is 36.2 Å². The molecule has 1 unspecified atom stereocenters. The Hall–Kier alpha value is -1.75. The number of nitrogens with one attached hydrogen (secondary N) is 1. The van der Waals surface area contributed by atoms with Crippen molar-refractivity contribution >= 4 is 23.5 Å². The molecule has 120 valence electrons. The van der Waals surface area contributed by atoms with Crippen LogP contribution in [0.3, 0.4) is 0 Å². The summed E-state index contributed by atoms with van der Waals surface area (Å²) >= 11 is 6.15. The highest BCUT2D eigenvalue weighted by atomic mass is 35.5. The van der Waals surface area contributed by atoms with Crippen molar-refractivity contribution in [2.45, 2.75) is 32.8 Å². The molecule has 0 saturated heterocycles. The van der Waals surface area contributed by atoms with Gasteiger partial charge in [0.25, 0.3) is 0 Å². The molecular formula is C16H20ClNO4. The average molecular weight is 326 g/mol. The van der Waals surface area contributed by atoms with Crippen molar-refractivity contribution in [1.29, 1.82) is 0 Å². The van der Waals surface area contributed by atoms with Gasteiger partial charge in [-0.3, -0.25) is 4.79 Å². The van der Waals surface area contributed by atoms with Gasteiger partial charge in [0.05, 0.1) is 24.2 Å². The van der Waals surface area contributed by atoms with Crippen molar-refractivity contribution in [2.24, 2.45) is 5.92 Å². The highest BCUT2D eigenvalue weighted by Gasteiger charge is 2.27. The van der Waals surface area contributed by atoms with Gasteiger partial charge in [0.1, 0.15) is 11.9 Å². The molecule has 0 bridgehead atoms. The third-order valence-electron chi connectivity index (χ3n) is 3.39. The van der Waals surface area contributed by atoms with Gasteiger partial charge in [-0.15, -0.1) is 0 Å². The quantitative estimate of drug-likeness (QED) is 0.845. The zero-order valence-electron chi connectivity index (χ0n) is 12.9. The number of hydrogen-bond acceptors (Lipinski definition) is 4. The van der Waals surface area contributed by atoms with Crippen LogP contribution in [0.4, 0.5) is 0 Å². The van der Waals surface area contributed by atoms with E-state index in [0.29, 0.717) is 41.6 Å². The molecule has 22 heavy (non-hydrogen) atoms. The van der Waals surface area contributed by atoms with E-state index in [9.17, 15) is 9.59 Å². The van der Waals surface area contributed by atoms with Crippen molar-refractivity contribution in [3.63, 3.8) is 0 Å². The van der Waals surface area contributed by atoms with Gasteiger partial charge in [-0.05, 0) is 18.1 Å². The minimum absolute atomic E-state index is 0.0101. The molecule has 1 heterocycles.